The molecule has 0 bridgehead atoms. The van der Waals surface area contributed by atoms with Crippen LogP contribution in [0.5, 0.6) is 5.75 Å². The van der Waals surface area contributed by atoms with Crippen molar-refractivity contribution >= 4 is 5.97 Å². The van der Waals surface area contributed by atoms with Gasteiger partial charge in [0, 0.05) is 0 Å². The Hall–Kier alpha value is -1.51. The lowest BCUT2D eigenvalue weighted by atomic mass is 9.70. The Kier molecular flexibility index (Phi) is 4.18. The molecule has 1 aromatic rings. The predicted molar refractivity (Wildman–Crippen MR) is 81.6 cm³/mol. The first kappa shape index (κ1) is 14.4. The van der Waals surface area contributed by atoms with Crippen LogP contribution < -0.4 is 4.74 Å². The molecule has 0 radical (unpaired) electrons. The summed E-state index contributed by atoms with van der Waals surface area (Å²) in [6, 6.07) is 8.14. The molecule has 0 heterocycles. The van der Waals surface area contributed by atoms with Crippen molar-refractivity contribution in [1.29, 1.82) is 0 Å². The molecule has 3 rings (SSSR count). The fourth-order valence-electron chi connectivity index (χ4n) is 3.46. The van der Waals surface area contributed by atoms with Gasteiger partial charge in [-0.2, -0.15) is 0 Å². The van der Waals surface area contributed by atoms with Gasteiger partial charge in [0.2, 0.25) is 0 Å². The van der Waals surface area contributed by atoms with Crippen LogP contribution in [0.2, 0.25) is 0 Å². The van der Waals surface area contributed by atoms with Gasteiger partial charge in [-0.15, -0.1) is 0 Å². The maximum Gasteiger partial charge on any atom is 0.307 e. The summed E-state index contributed by atoms with van der Waals surface area (Å²) in [6.45, 7) is 2.20. The molecule has 1 aromatic carbocycles. The van der Waals surface area contributed by atoms with Crippen molar-refractivity contribution < 1.29 is 14.6 Å². The summed E-state index contributed by atoms with van der Waals surface area (Å²) in [5.74, 6) is 0.844. The van der Waals surface area contributed by atoms with Crippen LogP contribution in [-0.4, -0.2) is 17.2 Å². The Morgan fingerprint density at radius 1 is 1.19 bits per heavy atom. The van der Waals surface area contributed by atoms with Gasteiger partial charge in [-0.05, 0) is 61.6 Å². The van der Waals surface area contributed by atoms with Crippen molar-refractivity contribution in [2.75, 3.05) is 0 Å². The summed E-state index contributed by atoms with van der Waals surface area (Å²) in [5.41, 5.74) is 1.16. The summed E-state index contributed by atoms with van der Waals surface area (Å²) in [5, 5.41) is 9.49. The summed E-state index contributed by atoms with van der Waals surface area (Å²) in [6.07, 6.45) is 6.71. The summed E-state index contributed by atoms with van der Waals surface area (Å²) in [7, 11) is 0. The van der Waals surface area contributed by atoms with Crippen LogP contribution in [-0.2, 0) is 4.79 Å². The van der Waals surface area contributed by atoms with E-state index in [0.29, 0.717) is 12.0 Å². The topological polar surface area (TPSA) is 46.5 Å². The highest BCUT2D eigenvalue weighted by Crippen LogP contribution is 2.42. The lowest BCUT2D eigenvalue weighted by Crippen LogP contribution is -2.29. The number of hydrogen-bond acceptors (Lipinski definition) is 2. The van der Waals surface area contributed by atoms with E-state index in [4.69, 9.17) is 4.74 Å². The first-order valence-electron chi connectivity index (χ1n) is 8.16. The highest BCUT2D eigenvalue weighted by Gasteiger charge is 2.35. The molecule has 2 aliphatic carbocycles. The van der Waals surface area contributed by atoms with Crippen LogP contribution in [0.15, 0.2) is 24.3 Å². The normalized spacial score (nSPS) is 29.1. The van der Waals surface area contributed by atoms with E-state index < -0.39 is 5.97 Å². The third kappa shape index (κ3) is 3.39. The van der Waals surface area contributed by atoms with E-state index in [0.717, 1.165) is 49.8 Å². The number of benzene rings is 1. The Bertz CT molecular complexity index is 490. The molecule has 114 valence electrons. The maximum atomic E-state index is 11.5. The number of aliphatic carboxylic acids is 1. The smallest absolute Gasteiger partial charge is 0.307 e. The van der Waals surface area contributed by atoms with E-state index in [9.17, 15) is 9.90 Å². The van der Waals surface area contributed by atoms with Crippen LogP contribution in [0.4, 0.5) is 0 Å². The SMILES string of the molecule is CCC1CCC(C(=O)O)C(c2ccc(OC3CC3)cc2)C1. The van der Waals surface area contributed by atoms with Crippen LogP contribution in [0.3, 0.4) is 0 Å². The Labute approximate surface area is 126 Å². The zero-order valence-corrected chi connectivity index (χ0v) is 12.6. The first-order valence-corrected chi connectivity index (χ1v) is 8.16. The molecule has 2 aliphatic rings. The summed E-state index contributed by atoms with van der Waals surface area (Å²) in [4.78, 5) is 11.5. The first-order chi connectivity index (χ1) is 10.2. The van der Waals surface area contributed by atoms with Crippen molar-refractivity contribution in [3.63, 3.8) is 0 Å². The van der Waals surface area contributed by atoms with Gasteiger partial charge in [0.15, 0.2) is 0 Å². The van der Waals surface area contributed by atoms with Gasteiger partial charge in [-0.3, -0.25) is 4.79 Å². The van der Waals surface area contributed by atoms with Crippen molar-refractivity contribution in [3.05, 3.63) is 29.8 Å². The Balaban J connectivity index is 1.75. The molecule has 0 aromatic heterocycles. The average Bonchev–Trinajstić information content (AvgIpc) is 3.31. The largest absolute Gasteiger partial charge is 0.490 e. The summed E-state index contributed by atoms with van der Waals surface area (Å²) < 4.78 is 5.77. The fraction of sp³-hybridized carbons (Fsp3) is 0.611. The molecular weight excluding hydrogens is 264 g/mol. The van der Waals surface area contributed by atoms with E-state index in [1.54, 1.807) is 0 Å². The molecule has 1 N–H and O–H groups in total. The fourth-order valence-corrected chi connectivity index (χ4v) is 3.46. The van der Waals surface area contributed by atoms with Crippen LogP contribution >= 0.6 is 0 Å². The van der Waals surface area contributed by atoms with Crippen molar-refractivity contribution in [2.24, 2.45) is 11.8 Å². The lowest BCUT2D eigenvalue weighted by molar-refractivity contribution is -0.143. The van der Waals surface area contributed by atoms with E-state index in [1.165, 1.54) is 0 Å². The average molecular weight is 288 g/mol. The van der Waals surface area contributed by atoms with Gasteiger partial charge in [0.25, 0.3) is 0 Å². The molecule has 3 atom stereocenters. The van der Waals surface area contributed by atoms with Crippen molar-refractivity contribution in [3.8, 4) is 5.75 Å². The number of hydrogen-bond donors (Lipinski definition) is 1. The highest BCUT2D eigenvalue weighted by molar-refractivity contribution is 5.71. The molecule has 3 heteroatoms. The minimum Gasteiger partial charge on any atom is -0.490 e. The van der Waals surface area contributed by atoms with Crippen LogP contribution in [0, 0.1) is 11.8 Å². The van der Waals surface area contributed by atoms with Crippen LogP contribution in [0.25, 0.3) is 0 Å². The zero-order chi connectivity index (χ0) is 14.8. The number of carbonyl (C=O) groups is 1. The van der Waals surface area contributed by atoms with Gasteiger partial charge >= 0.3 is 5.97 Å². The van der Waals surface area contributed by atoms with Gasteiger partial charge in [-0.25, -0.2) is 0 Å². The van der Waals surface area contributed by atoms with Gasteiger partial charge in [0.1, 0.15) is 5.75 Å². The molecule has 3 nitrogen and oxygen atoms in total. The quantitative estimate of drug-likeness (QED) is 0.882. The van der Waals surface area contributed by atoms with E-state index in [1.807, 2.05) is 12.1 Å². The van der Waals surface area contributed by atoms with Crippen molar-refractivity contribution in [2.45, 2.75) is 57.5 Å². The monoisotopic (exact) mass is 288 g/mol. The Morgan fingerprint density at radius 3 is 2.48 bits per heavy atom. The van der Waals surface area contributed by atoms with Gasteiger partial charge in [0.05, 0.1) is 12.0 Å². The number of carboxylic acids is 1. The molecular formula is C18H24O3. The molecule has 3 unspecified atom stereocenters. The van der Waals surface area contributed by atoms with Crippen LogP contribution in [0.1, 0.15) is 56.9 Å². The van der Waals surface area contributed by atoms with Gasteiger partial charge in [-0.1, -0.05) is 25.5 Å². The minimum atomic E-state index is -0.645. The second-order valence-corrected chi connectivity index (χ2v) is 6.52. The minimum absolute atomic E-state index is 0.149. The molecule has 0 aliphatic heterocycles. The Morgan fingerprint density at radius 2 is 1.90 bits per heavy atom. The van der Waals surface area contributed by atoms with E-state index in [-0.39, 0.29) is 11.8 Å². The number of carboxylic acid groups (broad SMARTS) is 1. The van der Waals surface area contributed by atoms with Crippen molar-refractivity contribution in [1.82, 2.24) is 0 Å². The number of ether oxygens (including phenoxy) is 1. The van der Waals surface area contributed by atoms with E-state index in [2.05, 4.69) is 19.1 Å². The standard InChI is InChI=1S/C18H24O3/c1-2-12-3-10-16(18(19)20)17(11-12)13-4-6-14(7-5-13)21-15-8-9-15/h4-7,12,15-17H,2-3,8-11H2,1H3,(H,19,20). The molecule has 21 heavy (non-hydrogen) atoms. The summed E-state index contributed by atoms with van der Waals surface area (Å²) >= 11 is 0. The maximum absolute atomic E-state index is 11.5. The third-order valence-corrected chi connectivity index (χ3v) is 4.99. The molecule has 0 spiro atoms. The second kappa shape index (κ2) is 6.08. The second-order valence-electron chi connectivity index (χ2n) is 6.52. The van der Waals surface area contributed by atoms with Gasteiger partial charge < -0.3 is 9.84 Å². The zero-order valence-electron chi connectivity index (χ0n) is 12.6. The third-order valence-electron chi connectivity index (χ3n) is 4.99. The molecule has 0 saturated heterocycles. The van der Waals surface area contributed by atoms with E-state index >= 15 is 0 Å². The highest BCUT2D eigenvalue weighted by atomic mass is 16.5. The lowest BCUT2D eigenvalue weighted by Gasteiger charge is -2.34. The molecule has 2 fully saturated rings. The predicted octanol–water partition coefficient (Wildman–Crippen LogP) is 4.22. The molecule has 2 saturated carbocycles. The molecule has 0 amide bonds. The number of rotatable bonds is 5.